The van der Waals surface area contributed by atoms with Crippen molar-refractivity contribution in [2.75, 3.05) is 32.7 Å². The second kappa shape index (κ2) is 5.88. The summed E-state index contributed by atoms with van der Waals surface area (Å²) in [5.41, 5.74) is 5.91. The lowest BCUT2D eigenvalue weighted by Gasteiger charge is -2.25. The molecule has 1 unspecified atom stereocenters. The number of hydrogen-bond acceptors (Lipinski definition) is 5. The van der Waals surface area contributed by atoms with Gasteiger partial charge in [-0.1, -0.05) is 5.21 Å². The van der Waals surface area contributed by atoms with Crippen LogP contribution in [0.4, 0.5) is 0 Å². The van der Waals surface area contributed by atoms with E-state index in [1.807, 2.05) is 4.90 Å². The van der Waals surface area contributed by atoms with E-state index in [0.717, 1.165) is 26.1 Å². The van der Waals surface area contributed by atoms with Crippen molar-refractivity contribution in [1.29, 1.82) is 0 Å². The molecule has 1 aromatic heterocycles. The molecule has 0 saturated carbocycles. The second-order valence-electron chi connectivity index (χ2n) is 5.59. The molecule has 0 spiro atoms. The highest BCUT2D eigenvalue weighted by Crippen LogP contribution is 2.21. The van der Waals surface area contributed by atoms with E-state index in [9.17, 15) is 4.79 Å². The van der Waals surface area contributed by atoms with E-state index in [1.54, 1.807) is 10.9 Å². The number of nitrogens with two attached hydrogens (primary N) is 1. The van der Waals surface area contributed by atoms with Gasteiger partial charge < -0.3 is 10.6 Å². The van der Waals surface area contributed by atoms with Crippen molar-refractivity contribution in [2.45, 2.75) is 31.8 Å². The Kier molecular flexibility index (Phi) is 3.98. The molecule has 3 heterocycles. The Hall–Kier alpha value is -1.47. The first-order chi connectivity index (χ1) is 9.78. The molecule has 2 aliphatic heterocycles. The molecule has 3 rings (SSSR count). The Balaban J connectivity index is 1.68. The molecule has 0 radical (unpaired) electrons. The van der Waals surface area contributed by atoms with Crippen molar-refractivity contribution in [3.63, 3.8) is 0 Å². The summed E-state index contributed by atoms with van der Waals surface area (Å²) < 4.78 is 1.63. The summed E-state index contributed by atoms with van der Waals surface area (Å²) in [6.07, 6.45) is 5.19. The van der Waals surface area contributed by atoms with Crippen molar-refractivity contribution in [2.24, 2.45) is 5.73 Å². The van der Waals surface area contributed by atoms with Gasteiger partial charge in [0.2, 0.25) is 0 Å². The minimum absolute atomic E-state index is 0.00187. The van der Waals surface area contributed by atoms with Gasteiger partial charge in [-0.25, -0.2) is 0 Å². The van der Waals surface area contributed by atoms with Gasteiger partial charge in [-0.3, -0.25) is 14.4 Å². The minimum atomic E-state index is 0.00187. The van der Waals surface area contributed by atoms with Gasteiger partial charge in [0.05, 0.1) is 12.7 Å². The topological polar surface area (TPSA) is 80.3 Å². The van der Waals surface area contributed by atoms with Crippen LogP contribution < -0.4 is 5.73 Å². The number of fused-ring (bicyclic) bond motifs is 1. The highest BCUT2D eigenvalue weighted by Gasteiger charge is 2.31. The Bertz CT molecular complexity index is 473. The molecular formula is C13H22N6O. The van der Waals surface area contributed by atoms with Crippen LogP contribution in [0.15, 0.2) is 6.20 Å². The molecule has 7 nitrogen and oxygen atoms in total. The number of carbonyl (C=O) groups excluding carboxylic acids is 1. The average Bonchev–Trinajstić information content (AvgIpc) is 3.04. The predicted molar refractivity (Wildman–Crippen MR) is 74.2 cm³/mol. The van der Waals surface area contributed by atoms with Gasteiger partial charge in [0.15, 0.2) is 5.69 Å². The van der Waals surface area contributed by atoms with Crippen LogP contribution in [0.3, 0.4) is 0 Å². The fraction of sp³-hybridized carbons (Fsp3) is 0.769. The molecule has 2 aliphatic rings. The summed E-state index contributed by atoms with van der Waals surface area (Å²) >= 11 is 0. The monoisotopic (exact) mass is 278 g/mol. The van der Waals surface area contributed by atoms with E-state index >= 15 is 0 Å². The Morgan fingerprint density at radius 2 is 2.20 bits per heavy atom. The Morgan fingerprint density at radius 1 is 1.35 bits per heavy atom. The number of rotatable bonds is 3. The maximum atomic E-state index is 12.5. The summed E-state index contributed by atoms with van der Waals surface area (Å²) in [6, 6.07) is 0.528. The third kappa shape index (κ3) is 2.69. The Labute approximate surface area is 118 Å². The smallest absolute Gasteiger partial charge is 0.276 e. The molecule has 7 heteroatoms. The van der Waals surface area contributed by atoms with Gasteiger partial charge in [-0.15, -0.1) is 5.10 Å². The summed E-state index contributed by atoms with van der Waals surface area (Å²) in [7, 11) is 0. The maximum absolute atomic E-state index is 12.5. The number of hydrogen-bond donors (Lipinski definition) is 1. The molecule has 20 heavy (non-hydrogen) atoms. The number of aromatic nitrogens is 3. The molecule has 110 valence electrons. The highest BCUT2D eigenvalue weighted by atomic mass is 16.2. The van der Waals surface area contributed by atoms with Crippen molar-refractivity contribution < 1.29 is 4.79 Å². The van der Waals surface area contributed by atoms with Crippen molar-refractivity contribution in [3.8, 4) is 0 Å². The largest absolute Gasteiger partial charge is 0.336 e. The van der Waals surface area contributed by atoms with E-state index in [4.69, 9.17) is 5.73 Å². The van der Waals surface area contributed by atoms with Gasteiger partial charge in [0, 0.05) is 32.2 Å². The Morgan fingerprint density at radius 3 is 3.05 bits per heavy atom. The molecule has 2 fully saturated rings. The van der Waals surface area contributed by atoms with Gasteiger partial charge in [-0.2, -0.15) is 0 Å². The van der Waals surface area contributed by atoms with Crippen LogP contribution in [0.25, 0.3) is 0 Å². The third-order valence-electron chi connectivity index (χ3n) is 4.21. The first kappa shape index (κ1) is 13.5. The lowest BCUT2D eigenvalue weighted by atomic mass is 10.2. The standard InChI is InChI=1S/C13H22N6O/c14-4-8-19-10-12(15-16-19)13(20)18-7-2-6-17-5-1-3-11(17)9-18/h10-11H,1-9,14H2. The van der Waals surface area contributed by atoms with Crippen LogP contribution in [0.5, 0.6) is 0 Å². The first-order valence-electron chi connectivity index (χ1n) is 7.41. The van der Waals surface area contributed by atoms with E-state index < -0.39 is 0 Å². The van der Waals surface area contributed by atoms with Crippen LogP contribution in [0.1, 0.15) is 29.8 Å². The van der Waals surface area contributed by atoms with Crippen LogP contribution >= 0.6 is 0 Å². The number of carbonyl (C=O) groups is 1. The maximum Gasteiger partial charge on any atom is 0.276 e. The molecule has 0 aromatic carbocycles. The van der Waals surface area contributed by atoms with E-state index in [2.05, 4.69) is 15.2 Å². The fourth-order valence-electron chi connectivity index (χ4n) is 3.19. The SMILES string of the molecule is NCCn1cc(C(=O)N2CCCN3CCCC3C2)nn1. The van der Waals surface area contributed by atoms with Crippen molar-refractivity contribution in [3.05, 3.63) is 11.9 Å². The molecule has 2 N–H and O–H groups in total. The summed E-state index contributed by atoms with van der Waals surface area (Å²) in [5, 5.41) is 7.92. The summed E-state index contributed by atoms with van der Waals surface area (Å²) in [4.78, 5) is 17.0. The lowest BCUT2D eigenvalue weighted by molar-refractivity contribution is 0.0737. The number of nitrogens with zero attached hydrogens (tertiary/aromatic N) is 5. The minimum Gasteiger partial charge on any atom is -0.336 e. The van der Waals surface area contributed by atoms with Crippen LogP contribution in [-0.2, 0) is 6.54 Å². The quantitative estimate of drug-likeness (QED) is 0.810. The molecular weight excluding hydrogens is 256 g/mol. The van der Waals surface area contributed by atoms with Crippen LogP contribution in [0.2, 0.25) is 0 Å². The zero-order chi connectivity index (χ0) is 13.9. The van der Waals surface area contributed by atoms with Gasteiger partial charge in [0.25, 0.3) is 5.91 Å². The molecule has 1 aromatic rings. The lowest BCUT2D eigenvalue weighted by Crippen LogP contribution is -2.39. The van der Waals surface area contributed by atoms with Crippen LogP contribution in [-0.4, -0.2) is 69.5 Å². The molecule has 0 bridgehead atoms. The first-order valence-corrected chi connectivity index (χ1v) is 7.41. The second-order valence-corrected chi connectivity index (χ2v) is 5.59. The van der Waals surface area contributed by atoms with Gasteiger partial charge >= 0.3 is 0 Å². The van der Waals surface area contributed by atoms with Crippen LogP contribution in [0, 0.1) is 0 Å². The zero-order valence-corrected chi connectivity index (χ0v) is 11.7. The number of amides is 1. The molecule has 1 amide bonds. The summed E-state index contributed by atoms with van der Waals surface area (Å²) in [5.74, 6) is 0.00187. The predicted octanol–water partition coefficient (Wildman–Crippen LogP) is -0.453. The van der Waals surface area contributed by atoms with Crippen molar-refractivity contribution in [1.82, 2.24) is 24.8 Å². The normalized spacial score (nSPS) is 23.6. The zero-order valence-electron chi connectivity index (χ0n) is 11.7. The fourth-order valence-corrected chi connectivity index (χ4v) is 3.19. The van der Waals surface area contributed by atoms with Crippen molar-refractivity contribution >= 4 is 5.91 Å². The van der Waals surface area contributed by atoms with Gasteiger partial charge in [0.1, 0.15) is 0 Å². The average molecular weight is 278 g/mol. The van der Waals surface area contributed by atoms with Gasteiger partial charge in [-0.05, 0) is 25.8 Å². The van der Waals surface area contributed by atoms with E-state index in [0.29, 0.717) is 24.8 Å². The van der Waals surface area contributed by atoms with E-state index in [-0.39, 0.29) is 5.91 Å². The third-order valence-corrected chi connectivity index (χ3v) is 4.21. The van der Waals surface area contributed by atoms with E-state index in [1.165, 1.54) is 19.4 Å². The molecule has 1 atom stereocenters. The summed E-state index contributed by atoms with van der Waals surface area (Å²) in [6.45, 7) is 5.01. The highest BCUT2D eigenvalue weighted by molar-refractivity contribution is 5.92. The molecule has 0 aliphatic carbocycles. The molecule has 2 saturated heterocycles.